The van der Waals surface area contributed by atoms with Crippen molar-refractivity contribution in [3.8, 4) is 0 Å². The number of anilines is 3. The van der Waals surface area contributed by atoms with Crippen molar-refractivity contribution in [3.63, 3.8) is 0 Å². The van der Waals surface area contributed by atoms with Gasteiger partial charge >= 0.3 is 6.09 Å². The Morgan fingerprint density at radius 1 is 1.12 bits per heavy atom. The molecule has 1 amide bonds. The zero-order valence-corrected chi connectivity index (χ0v) is 15.0. The number of aromatic nitrogens is 2. The second kappa shape index (κ2) is 7.19. The number of fused-ring (bicyclic) bond motifs is 1. The third-order valence-electron chi connectivity index (χ3n) is 4.88. The van der Waals surface area contributed by atoms with E-state index >= 15 is 0 Å². The number of piperazine rings is 1. The lowest BCUT2D eigenvalue weighted by Crippen LogP contribution is -2.49. The van der Waals surface area contributed by atoms with E-state index in [2.05, 4.69) is 39.0 Å². The van der Waals surface area contributed by atoms with Gasteiger partial charge in [0.25, 0.3) is 0 Å². The number of rotatable bonds is 3. The number of carbonyl (C=O) groups is 1. The van der Waals surface area contributed by atoms with Crippen molar-refractivity contribution in [3.05, 3.63) is 42.1 Å². The van der Waals surface area contributed by atoms with Crippen LogP contribution in [0.15, 0.2) is 36.5 Å². The Balaban J connectivity index is 1.47. The summed E-state index contributed by atoms with van der Waals surface area (Å²) >= 11 is 0. The molecular formula is C19H23N5O2. The van der Waals surface area contributed by atoms with Gasteiger partial charge in [-0.25, -0.2) is 9.78 Å². The number of hydrogen-bond acceptors (Lipinski definition) is 6. The van der Waals surface area contributed by atoms with Gasteiger partial charge in [-0.15, -0.1) is 0 Å². The normalized spacial score (nSPS) is 16.6. The summed E-state index contributed by atoms with van der Waals surface area (Å²) in [6, 6.07) is 10.4. The molecular weight excluding hydrogens is 330 g/mol. The summed E-state index contributed by atoms with van der Waals surface area (Å²) in [6.07, 6.45) is 2.61. The van der Waals surface area contributed by atoms with Gasteiger partial charge in [0.1, 0.15) is 5.82 Å². The first-order valence-corrected chi connectivity index (χ1v) is 9.11. The van der Waals surface area contributed by atoms with E-state index in [1.165, 1.54) is 11.3 Å². The van der Waals surface area contributed by atoms with E-state index in [0.717, 1.165) is 24.7 Å². The largest absolute Gasteiger partial charge is 0.450 e. The maximum atomic E-state index is 11.8. The molecule has 3 heterocycles. The Hall–Kier alpha value is -2.83. The van der Waals surface area contributed by atoms with Gasteiger partial charge in [-0.1, -0.05) is 18.2 Å². The van der Waals surface area contributed by atoms with Gasteiger partial charge in [-0.2, -0.15) is 4.98 Å². The van der Waals surface area contributed by atoms with Crippen LogP contribution in [0, 0.1) is 0 Å². The van der Waals surface area contributed by atoms with Crippen LogP contribution in [0.5, 0.6) is 0 Å². The number of ether oxygens (including phenoxy) is 1. The second-order valence-corrected chi connectivity index (χ2v) is 6.42. The van der Waals surface area contributed by atoms with Gasteiger partial charge in [0, 0.05) is 44.6 Å². The van der Waals surface area contributed by atoms with Crippen molar-refractivity contribution in [2.24, 2.45) is 0 Å². The molecule has 0 atom stereocenters. The van der Waals surface area contributed by atoms with E-state index in [4.69, 9.17) is 9.72 Å². The Morgan fingerprint density at radius 3 is 2.73 bits per heavy atom. The van der Waals surface area contributed by atoms with Crippen LogP contribution in [0.2, 0.25) is 0 Å². The number of hydrogen-bond donors (Lipinski definition) is 0. The van der Waals surface area contributed by atoms with Crippen LogP contribution in [0.4, 0.5) is 22.2 Å². The summed E-state index contributed by atoms with van der Waals surface area (Å²) in [6.45, 7) is 5.83. The minimum absolute atomic E-state index is 0.240. The quantitative estimate of drug-likeness (QED) is 0.845. The van der Waals surface area contributed by atoms with E-state index in [9.17, 15) is 4.79 Å². The standard InChI is InChI=1S/C19H23N5O2/c1-2-26-19(25)23-13-11-22(12-14-23)18-20-9-7-17(21-18)24-10-8-15-5-3-4-6-16(15)24/h3-7,9H,2,8,10-14H2,1H3. The smallest absolute Gasteiger partial charge is 0.409 e. The lowest BCUT2D eigenvalue weighted by molar-refractivity contribution is 0.105. The van der Waals surface area contributed by atoms with Gasteiger partial charge in [0.2, 0.25) is 5.95 Å². The molecule has 136 valence electrons. The van der Waals surface area contributed by atoms with Crippen LogP contribution in [0.1, 0.15) is 12.5 Å². The highest BCUT2D eigenvalue weighted by molar-refractivity contribution is 5.69. The van der Waals surface area contributed by atoms with Crippen LogP contribution < -0.4 is 9.80 Å². The molecule has 2 aliphatic rings. The molecule has 26 heavy (non-hydrogen) atoms. The van der Waals surface area contributed by atoms with Gasteiger partial charge in [0.15, 0.2) is 0 Å². The predicted octanol–water partition coefficient (Wildman–Crippen LogP) is 2.45. The maximum Gasteiger partial charge on any atom is 0.409 e. The van der Waals surface area contributed by atoms with Crippen LogP contribution in [-0.2, 0) is 11.2 Å². The third-order valence-corrected chi connectivity index (χ3v) is 4.88. The molecule has 0 spiro atoms. The maximum absolute atomic E-state index is 11.8. The molecule has 1 aromatic heterocycles. The molecule has 1 fully saturated rings. The Morgan fingerprint density at radius 2 is 1.92 bits per heavy atom. The Labute approximate surface area is 153 Å². The number of amides is 1. The zero-order valence-electron chi connectivity index (χ0n) is 15.0. The number of benzene rings is 1. The molecule has 4 rings (SSSR count). The molecule has 0 bridgehead atoms. The number of nitrogens with zero attached hydrogens (tertiary/aromatic N) is 5. The molecule has 2 aliphatic heterocycles. The topological polar surface area (TPSA) is 61.8 Å². The molecule has 0 radical (unpaired) electrons. The summed E-state index contributed by atoms with van der Waals surface area (Å²) in [5.74, 6) is 1.64. The minimum Gasteiger partial charge on any atom is -0.450 e. The van der Waals surface area contributed by atoms with Crippen molar-refractivity contribution >= 4 is 23.5 Å². The number of carbonyl (C=O) groups excluding carboxylic acids is 1. The first-order valence-electron chi connectivity index (χ1n) is 9.11. The fourth-order valence-corrected chi connectivity index (χ4v) is 3.52. The molecule has 7 nitrogen and oxygen atoms in total. The fourth-order valence-electron chi connectivity index (χ4n) is 3.52. The third kappa shape index (κ3) is 3.16. The van der Waals surface area contributed by atoms with Gasteiger partial charge < -0.3 is 19.4 Å². The first kappa shape index (κ1) is 16.6. The zero-order chi connectivity index (χ0) is 17.9. The summed E-state index contributed by atoms with van der Waals surface area (Å²) < 4.78 is 5.07. The van der Waals surface area contributed by atoms with Crippen molar-refractivity contribution < 1.29 is 9.53 Å². The molecule has 0 aliphatic carbocycles. The van der Waals surface area contributed by atoms with Crippen molar-refractivity contribution in [2.75, 3.05) is 49.1 Å². The molecule has 1 aromatic carbocycles. The predicted molar refractivity (Wildman–Crippen MR) is 100.0 cm³/mol. The van der Waals surface area contributed by atoms with Crippen molar-refractivity contribution in [1.82, 2.24) is 14.9 Å². The lowest BCUT2D eigenvalue weighted by Gasteiger charge is -2.34. The van der Waals surface area contributed by atoms with Crippen molar-refractivity contribution in [2.45, 2.75) is 13.3 Å². The monoisotopic (exact) mass is 353 g/mol. The molecule has 1 saturated heterocycles. The summed E-state index contributed by atoms with van der Waals surface area (Å²) in [7, 11) is 0. The molecule has 0 N–H and O–H groups in total. The second-order valence-electron chi connectivity index (χ2n) is 6.42. The molecule has 7 heteroatoms. The first-order chi connectivity index (χ1) is 12.8. The van der Waals surface area contributed by atoms with E-state index in [-0.39, 0.29) is 6.09 Å². The molecule has 0 saturated carbocycles. The average molecular weight is 353 g/mol. The highest BCUT2D eigenvalue weighted by atomic mass is 16.6. The summed E-state index contributed by atoms with van der Waals surface area (Å²) in [5.41, 5.74) is 2.58. The summed E-state index contributed by atoms with van der Waals surface area (Å²) in [4.78, 5) is 27.2. The molecule has 0 unspecified atom stereocenters. The van der Waals surface area contributed by atoms with E-state index in [1.807, 2.05) is 19.2 Å². The highest BCUT2D eigenvalue weighted by Gasteiger charge is 2.25. The average Bonchev–Trinajstić information content (AvgIpc) is 3.13. The van der Waals surface area contributed by atoms with E-state index < -0.39 is 0 Å². The minimum atomic E-state index is -0.240. The number of para-hydroxylation sites is 1. The van der Waals surface area contributed by atoms with Gasteiger partial charge in [-0.3, -0.25) is 0 Å². The van der Waals surface area contributed by atoms with Gasteiger partial charge in [0.05, 0.1) is 6.61 Å². The van der Waals surface area contributed by atoms with Crippen LogP contribution >= 0.6 is 0 Å². The van der Waals surface area contributed by atoms with E-state index in [0.29, 0.717) is 32.8 Å². The van der Waals surface area contributed by atoms with Gasteiger partial charge in [-0.05, 0) is 31.0 Å². The van der Waals surface area contributed by atoms with Crippen LogP contribution in [0.25, 0.3) is 0 Å². The van der Waals surface area contributed by atoms with Crippen LogP contribution in [0.3, 0.4) is 0 Å². The Bertz CT molecular complexity index is 789. The lowest BCUT2D eigenvalue weighted by atomic mass is 10.2. The van der Waals surface area contributed by atoms with Crippen molar-refractivity contribution in [1.29, 1.82) is 0 Å². The SMILES string of the molecule is CCOC(=O)N1CCN(c2nccc(N3CCc4ccccc43)n2)CC1. The fraction of sp³-hybridized carbons (Fsp3) is 0.421. The molecule has 2 aromatic rings. The highest BCUT2D eigenvalue weighted by Crippen LogP contribution is 2.33. The Kier molecular flexibility index (Phi) is 4.60. The summed E-state index contributed by atoms with van der Waals surface area (Å²) in [5, 5.41) is 0. The van der Waals surface area contributed by atoms with E-state index in [1.54, 1.807) is 4.90 Å². The van der Waals surface area contributed by atoms with Crippen LogP contribution in [-0.4, -0.2) is 60.3 Å².